The van der Waals surface area contributed by atoms with E-state index in [0.29, 0.717) is 18.8 Å². The maximum atomic E-state index is 12.5. The van der Waals surface area contributed by atoms with Crippen LogP contribution in [0, 0.1) is 0 Å². The number of carbonyl (C=O) groups is 1. The van der Waals surface area contributed by atoms with E-state index < -0.39 is 0 Å². The van der Waals surface area contributed by atoms with E-state index in [1.54, 1.807) is 0 Å². The molecule has 0 spiro atoms. The first-order chi connectivity index (χ1) is 13.3. The topological polar surface area (TPSA) is 46.9 Å². The van der Waals surface area contributed by atoms with Gasteiger partial charge in [0.1, 0.15) is 5.69 Å². The summed E-state index contributed by atoms with van der Waals surface area (Å²) >= 11 is 1.87. The van der Waals surface area contributed by atoms with Crippen LogP contribution in [0.1, 0.15) is 50.9 Å². The van der Waals surface area contributed by atoms with Crippen LogP contribution >= 0.6 is 11.3 Å². The number of carbonyl (C=O) groups excluding carboxylic acids is 1. The zero-order valence-corrected chi connectivity index (χ0v) is 16.3. The van der Waals surface area contributed by atoms with Crippen LogP contribution in [-0.4, -0.2) is 22.0 Å². The van der Waals surface area contributed by atoms with Gasteiger partial charge in [0.15, 0.2) is 0 Å². The molecular formula is C22H25N3OS. The van der Waals surface area contributed by atoms with Crippen LogP contribution in [0.2, 0.25) is 0 Å². The molecule has 4 rings (SSSR count). The van der Waals surface area contributed by atoms with Crippen molar-refractivity contribution >= 4 is 17.2 Å². The summed E-state index contributed by atoms with van der Waals surface area (Å²) in [5.74, 6) is -0.00522. The minimum Gasteiger partial charge on any atom is -0.351 e. The summed E-state index contributed by atoms with van der Waals surface area (Å²) in [5.41, 5.74) is 3.23. The number of nitrogens with one attached hydrogen (secondary N) is 1. The second-order valence-corrected chi connectivity index (χ2v) is 8.22. The molecule has 140 valence electrons. The molecule has 5 heteroatoms. The predicted molar refractivity (Wildman–Crippen MR) is 109 cm³/mol. The van der Waals surface area contributed by atoms with Gasteiger partial charge in [-0.05, 0) is 49.8 Å². The van der Waals surface area contributed by atoms with E-state index in [-0.39, 0.29) is 5.91 Å². The Bertz CT molecular complexity index is 874. The van der Waals surface area contributed by atoms with Gasteiger partial charge in [0.2, 0.25) is 0 Å². The molecule has 0 fully saturated rings. The molecule has 1 aliphatic carbocycles. The van der Waals surface area contributed by atoms with Gasteiger partial charge in [-0.1, -0.05) is 30.3 Å². The molecule has 0 unspecified atom stereocenters. The zero-order valence-electron chi connectivity index (χ0n) is 15.5. The van der Waals surface area contributed by atoms with Crippen molar-refractivity contribution in [3.63, 3.8) is 0 Å². The molecule has 1 aliphatic rings. The lowest BCUT2D eigenvalue weighted by Crippen LogP contribution is -2.27. The molecule has 0 saturated carbocycles. The first-order valence-corrected chi connectivity index (χ1v) is 10.6. The van der Waals surface area contributed by atoms with Crippen LogP contribution in [0.15, 0.2) is 48.7 Å². The maximum Gasteiger partial charge on any atom is 0.267 e. The molecule has 0 saturated heterocycles. The molecule has 1 amide bonds. The molecular weight excluding hydrogens is 354 g/mol. The number of benzene rings is 1. The second kappa shape index (κ2) is 8.53. The Morgan fingerprint density at radius 1 is 1.11 bits per heavy atom. The van der Waals surface area contributed by atoms with Gasteiger partial charge >= 0.3 is 0 Å². The van der Waals surface area contributed by atoms with Crippen molar-refractivity contribution in [2.75, 3.05) is 6.54 Å². The van der Waals surface area contributed by atoms with Crippen molar-refractivity contribution in [1.29, 1.82) is 0 Å². The van der Waals surface area contributed by atoms with Gasteiger partial charge in [0.05, 0.1) is 10.7 Å². The molecule has 1 aromatic carbocycles. The number of hydrogen-bond donors (Lipinski definition) is 1. The average molecular weight is 380 g/mol. The van der Waals surface area contributed by atoms with Crippen LogP contribution in [0.5, 0.6) is 0 Å². The fourth-order valence-corrected chi connectivity index (χ4v) is 4.78. The average Bonchev–Trinajstić information content (AvgIpc) is 3.32. The Labute approximate surface area is 164 Å². The van der Waals surface area contributed by atoms with Gasteiger partial charge in [-0.2, -0.15) is 0 Å². The van der Waals surface area contributed by atoms with Gasteiger partial charge in [-0.25, -0.2) is 4.98 Å². The maximum absolute atomic E-state index is 12.5. The van der Waals surface area contributed by atoms with Crippen LogP contribution in [0.3, 0.4) is 0 Å². The second-order valence-electron chi connectivity index (χ2n) is 7.05. The van der Waals surface area contributed by atoms with E-state index in [0.717, 1.165) is 19.3 Å². The van der Waals surface area contributed by atoms with Crippen LogP contribution in [0.25, 0.3) is 0 Å². The zero-order chi connectivity index (χ0) is 18.5. The number of fused-ring (bicyclic) bond motifs is 1. The lowest BCUT2D eigenvalue weighted by Gasteiger charge is -2.10. The van der Waals surface area contributed by atoms with Gasteiger partial charge in [0, 0.05) is 30.6 Å². The van der Waals surface area contributed by atoms with E-state index in [1.165, 1.54) is 40.4 Å². The van der Waals surface area contributed by atoms with Crippen LogP contribution in [-0.2, 0) is 25.8 Å². The standard InChI is InChI=1S/C22H25N3OS/c26-22(19-11-7-15-25(19)16-17-8-2-1-3-9-17)23-14-6-13-21-24-18-10-4-5-12-20(18)27-21/h1-3,7-9,11,15H,4-6,10,12-14,16H2,(H,23,26). The number of thiazole rings is 1. The summed E-state index contributed by atoms with van der Waals surface area (Å²) in [6, 6.07) is 14.0. The minimum atomic E-state index is -0.00522. The molecule has 0 atom stereocenters. The molecule has 0 radical (unpaired) electrons. The number of nitrogens with zero attached hydrogens (tertiary/aromatic N) is 2. The van der Waals surface area contributed by atoms with Gasteiger partial charge in [-0.15, -0.1) is 11.3 Å². The molecule has 1 N–H and O–H groups in total. The molecule has 4 nitrogen and oxygen atoms in total. The Kier molecular flexibility index (Phi) is 5.68. The summed E-state index contributed by atoms with van der Waals surface area (Å²) < 4.78 is 2.00. The highest BCUT2D eigenvalue weighted by atomic mass is 32.1. The molecule has 2 aromatic heterocycles. The minimum absolute atomic E-state index is 0.00522. The summed E-state index contributed by atoms with van der Waals surface area (Å²) in [7, 11) is 0. The van der Waals surface area contributed by atoms with E-state index in [9.17, 15) is 4.79 Å². The smallest absolute Gasteiger partial charge is 0.267 e. The van der Waals surface area contributed by atoms with Gasteiger partial charge < -0.3 is 9.88 Å². The summed E-state index contributed by atoms with van der Waals surface area (Å²) in [6.07, 6.45) is 8.74. The van der Waals surface area contributed by atoms with Gasteiger partial charge in [0.25, 0.3) is 5.91 Å². The third kappa shape index (κ3) is 4.48. The normalized spacial score (nSPS) is 13.3. The Morgan fingerprint density at radius 3 is 2.81 bits per heavy atom. The Hall–Kier alpha value is -2.40. The molecule has 3 aromatic rings. The first kappa shape index (κ1) is 18.0. The highest BCUT2D eigenvalue weighted by molar-refractivity contribution is 7.11. The van der Waals surface area contributed by atoms with Crippen molar-refractivity contribution in [2.45, 2.75) is 45.1 Å². The van der Waals surface area contributed by atoms with E-state index in [4.69, 9.17) is 4.98 Å². The van der Waals surface area contributed by atoms with Crippen molar-refractivity contribution in [1.82, 2.24) is 14.9 Å². The van der Waals surface area contributed by atoms with Crippen molar-refractivity contribution in [3.05, 3.63) is 75.5 Å². The number of hydrogen-bond acceptors (Lipinski definition) is 3. The van der Waals surface area contributed by atoms with E-state index in [1.807, 2.05) is 52.4 Å². The number of aryl methyl sites for hydroxylation is 3. The fourth-order valence-electron chi connectivity index (χ4n) is 3.58. The van der Waals surface area contributed by atoms with E-state index in [2.05, 4.69) is 17.4 Å². The first-order valence-electron chi connectivity index (χ1n) is 9.74. The highest BCUT2D eigenvalue weighted by Crippen LogP contribution is 2.27. The number of rotatable bonds is 7. The number of amides is 1. The fraction of sp³-hybridized carbons (Fsp3) is 0.364. The molecule has 0 bridgehead atoms. The lowest BCUT2D eigenvalue weighted by molar-refractivity contribution is 0.0944. The lowest BCUT2D eigenvalue weighted by atomic mass is 10.0. The summed E-state index contributed by atoms with van der Waals surface area (Å²) in [6.45, 7) is 1.39. The van der Waals surface area contributed by atoms with Gasteiger partial charge in [-0.3, -0.25) is 4.79 Å². The third-order valence-electron chi connectivity index (χ3n) is 5.00. The Balaban J connectivity index is 1.27. The van der Waals surface area contributed by atoms with Crippen molar-refractivity contribution in [2.24, 2.45) is 0 Å². The molecule has 27 heavy (non-hydrogen) atoms. The predicted octanol–water partition coefficient (Wildman–Crippen LogP) is 4.23. The highest BCUT2D eigenvalue weighted by Gasteiger charge is 2.15. The quantitative estimate of drug-likeness (QED) is 0.624. The Morgan fingerprint density at radius 2 is 1.96 bits per heavy atom. The third-order valence-corrected chi connectivity index (χ3v) is 6.22. The monoisotopic (exact) mass is 379 g/mol. The number of aromatic nitrogens is 2. The SMILES string of the molecule is O=C(NCCCc1nc2c(s1)CCCC2)c1cccn1Cc1ccccc1. The van der Waals surface area contributed by atoms with Crippen LogP contribution in [0.4, 0.5) is 0 Å². The molecule has 0 aliphatic heterocycles. The summed E-state index contributed by atoms with van der Waals surface area (Å²) in [4.78, 5) is 18.8. The largest absolute Gasteiger partial charge is 0.351 e. The molecule has 2 heterocycles. The van der Waals surface area contributed by atoms with Crippen molar-refractivity contribution in [3.8, 4) is 0 Å². The van der Waals surface area contributed by atoms with E-state index >= 15 is 0 Å². The summed E-state index contributed by atoms with van der Waals surface area (Å²) in [5, 5.41) is 4.29. The van der Waals surface area contributed by atoms with Crippen molar-refractivity contribution < 1.29 is 4.79 Å². The van der Waals surface area contributed by atoms with Crippen LogP contribution < -0.4 is 5.32 Å².